The summed E-state index contributed by atoms with van der Waals surface area (Å²) in [5, 5.41) is 7.86. The average molecular weight is 221 g/mol. The van der Waals surface area contributed by atoms with E-state index in [0.29, 0.717) is 6.04 Å². The second-order valence-electron chi connectivity index (χ2n) is 5.04. The van der Waals surface area contributed by atoms with E-state index in [1.54, 1.807) is 0 Å². The van der Waals surface area contributed by atoms with Crippen LogP contribution in [0.4, 0.5) is 0 Å². The van der Waals surface area contributed by atoms with Crippen LogP contribution in [-0.2, 0) is 6.54 Å². The van der Waals surface area contributed by atoms with Crippen molar-refractivity contribution in [2.45, 2.75) is 51.6 Å². The van der Waals surface area contributed by atoms with E-state index in [-0.39, 0.29) is 0 Å². The summed E-state index contributed by atoms with van der Waals surface area (Å²) in [4.78, 5) is 0. The van der Waals surface area contributed by atoms with Crippen molar-refractivity contribution in [1.29, 1.82) is 0 Å². The van der Waals surface area contributed by atoms with Crippen molar-refractivity contribution in [2.75, 3.05) is 6.54 Å². The molecule has 1 aromatic rings. The molecule has 1 aliphatic carbocycles. The summed E-state index contributed by atoms with van der Waals surface area (Å²) in [5.41, 5.74) is 0. The molecule has 1 atom stereocenters. The minimum Gasteiger partial charge on any atom is -0.312 e. The Morgan fingerprint density at radius 2 is 2.19 bits per heavy atom. The van der Waals surface area contributed by atoms with Crippen LogP contribution in [0, 0.1) is 5.92 Å². The molecule has 16 heavy (non-hydrogen) atoms. The number of rotatable bonds is 5. The van der Waals surface area contributed by atoms with Crippen molar-refractivity contribution in [1.82, 2.24) is 15.1 Å². The fourth-order valence-corrected chi connectivity index (χ4v) is 2.51. The van der Waals surface area contributed by atoms with Crippen LogP contribution in [0.5, 0.6) is 0 Å². The molecule has 0 saturated heterocycles. The summed E-state index contributed by atoms with van der Waals surface area (Å²) in [7, 11) is 0. The molecule has 1 saturated carbocycles. The number of aromatic nitrogens is 2. The third-order valence-corrected chi connectivity index (χ3v) is 3.50. The van der Waals surface area contributed by atoms with E-state index < -0.39 is 0 Å². The lowest BCUT2D eigenvalue weighted by Gasteiger charge is -2.24. The second kappa shape index (κ2) is 6.04. The Morgan fingerprint density at radius 1 is 1.38 bits per heavy atom. The molecule has 1 N–H and O–H groups in total. The van der Waals surface area contributed by atoms with Crippen LogP contribution < -0.4 is 5.32 Å². The highest BCUT2D eigenvalue weighted by Gasteiger charge is 2.14. The first-order valence-corrected chi connectivity index (χ1v) is 6.55. The predicted octanol–water partition coefficient (Wildman–Crippen LogP) is 2.44. The molecule has 0 aliphatic heterocycles. The molecule has 0 amide bonds. The van der Waals surface area contributed by atoms with E-state index in [9.17, 15) is 0 Å². The topological polar surface area (TPSA) is 29.9 Å². The Kier molecular flexibility index (Phi) is 4.40. The minimum atomic E-state index is 0.516. The Morgan fingerprint density at radius 3 is 2.88 bits per heavy atom. The molecule has 1 aliphatic rings. The lowest BCUT2D eigenvalue weighted by atomic mass is 9.89. The molecular weight excluding hydrogens is 198 g/mol. The molecule has 1 heterocycles. The van der Waals surface area contributed by atoms with Crippen molar-refractivity contribution in [3.05, 3.63) is 18.5 Å². The predicted molar refractivity (Wildman–Crippen MR) is 66.3 cm³/mol. The Labute approximate surface area is 98.2 Å². The van der Waals surface area contributed by atoms with Gasteiger partial charge in [0, 0.05) is 18.4 Å². The SMILES string of the molecule is C[C@H](Cn1cccn1)NCC1CCCCC1. The number of nitrogens with one attached hydrogen (secondary N) is 1. The summed E-state index contributed by atoms with van der Waals surface area (Å²) in [6, 6.07) is 2.50. The molecule has 2 rings (SSSR count). The van der Waals surface area contributed by atoms with Gasteiger partial charge in [0.1, 0.15) is 0 Å². The largest absolute Gasteiger partial charge is 0.312 e. The smallest absolute Gasteiger partial charge is 0.0559 e. The van der Waals surface area contributed by atoms with Crippen LogP contribution in [0.1, 0.15) is 39.0 Å². The quantitative estimate of drug-likeness (QED) is 0.827. The monoisotopic (exact) mass is 221 g/mol. The van der Waals surface area contributed by atoms with E-state index in [2.05, 4.69) is 17.3 Å². The third kappa shape index (κ3) is 3.63. The van der Waals surface area contributed by atoms with Crippen LogP contribution in [0.25, 0.3) is 0 Å². The Bertz CT molecular complexity index is 275. The van der Waals surface area contributed by atoms with E-state index in [0.717, 1.165) is 12.5 Å². The van der Waals surface area contributed by atoms with Crippen molar-refractivity contribution in [3.63, 3.8) is 0 Å². The highest BCUT2D eigenvalue weighted by molar-refractivity contribution is 4.79. The second-order valence-corrected chi connectivity index (χ2v) is 5.04. The lowest BCUT2D eigenvalue weighted by molar-refractivity contribution is 0.320. The van der Waals surface area contributed by atoms with Crippen LogP contribution in [0.3, 0.4) is 0 Å². The van der Waals surface area contributed by atoms with Crippen molar-refractivity contribution in [2.24, 2.45) is 5.92 Å². The maximum Gasteiger partial charge on any atom is 0.0559 e. The minimum absolute atomic E-state index is 0.516. The zero-order chi connectivity index (χ0) is 11.2. The van der Waals surface area contributed by atoms with Crippen LogP contribution >= 0.6 is 0 Å². The van der Waals surface area contributed by atoms with Crippen LogP contribution in [-0.4, -0.2) is 22.4 Å². The molecular formula is C13H23N3. The molecule has 90 valence electrons. The van der Waals surface area contributed by atoms with Gasteiger partial charge in [-0.05, 0) is 38.3 Å². The summed E-state index contributed by atoms with van der Waals surface area (Å²) in [6.07, 6.45) is 11.0. The first-order chi connectivity index (χ1) is 7.84. The van der Waals surface area contributed by atoms with Crippen molar-refractivity contribution >= 4 is 0 Å². The standard InChI is InChI=1S/C13H23N3/c1-12(11-16-9-5-8-15-16)14-10-13-6-3-2-4-7-13/h5,8-9,12-14H,2-4,6-7,10-11H2,1H3/t12-/m1/s1. The van der Waals surface area contributed by atoms with Crippen molar-refractivity contribution in [3.8, 4) is 0 Å². The summed E-state index contributed by atoms with van der Waals surface area (Å²) in [5.74, 6) is 0.911. The van der Waals surface area contributed by atoms with Gasteiger partial charge in [-0.15, -0.1) is 0 Å². The maximum atomic E-state index is 4.23. The van der Waals surface area contributed by atoms with Gasteiger partial charge in [-0.25, -0.2) is 0 Å². The van der Waals surface area contributed by atoms with E-state index in [1.807, 2.05) is 23.1 Å². The van der Waals surface area contributed by atoms with E-state index in [4.69, 9.17) is 0 Å². The molecule has 1 fully saturated rings. The zero-order valence-electron chi connectivity index (χ0n) is 10.2. The molecule has 0 spiro atoms. The molecule has 0 radical (unpaired) electrons. The number of hydrogen-bond donors (Lipinski definition) is 1. The van der Waals surface area contributed by atoms with Gasteiger partial charge in [0.2, 0.25) is 0 Å². The van der Waals surface area contributed by atoms with Crippen molar-refractivity contribution < 1.29 is 0 Å². The molecule has 3 nitrogen and oxygen atoms in total. The van der Waals surface area contributed by atoms with Gasteiger partial charge in [0.15, 0.2) is 0 Å². The zero-order valence-corrected chi connectivity index (χ0v) is 10.2. The van der Waals surface area contributed by atoms with Crippen LogP contribution in [0.2, 0.25) is 0 Å². The molecule has 3 heteroatoms. The van der Waals surface area contributed by atoms with Crippen LogP contribution in [0.15, 0.2) is 18.5 Å². The van der Waals surface area contributed by atoms with Gasteiger partial charge in [-0.2, -0.15) is 5.10 Å². The molecule has 1 aromatic heterocycles. The molecule has 0 aromatic carbocycles. The molecule has 0 bridgehead atoms. The number of nitrogens with zero attached hydrogens (tertiary/aromatic N) is 2. The summed E-state index contributed by atoms with van der Waals surface area (Å²) >= 11 is 0. The maximum absolute atomic E-state index is 4.23. The lowest BCUT2D eigenvalue weighted by Crippen LogP contribution is -2.35. The highest BCUT2D eigenvalue weighted by Crippen LogP contribution is 2.22. The van der Waals surface area contributed by atoms with Gasteiger partial charge in [0.05, 0.1) is 6.54 Å². The first-order valence-electron chi connectivity index (χ1n) is 6.55. The first kappa shape index (κ1) is 11.6. The number of hydrogen-bond acceptors (Lipinski definition) is 2. The third-order valence-electron chi connectivity index (χ3n) is 3.50. The summed E-state index contributed by atoms with van der Waals surface area (Å²) in [6.45, 7) is 4.40. The Balaban J connectivity index is 1.65. The molecule has 0 unspecified atom stereocenters. The fraction of sp³-hybridized carbons (Fsp3) is 0.769. The average Bonchev–Trinajstić information content (AvgIpc) is 2.81. The van der Waals surface area contributed by atoms with Gasteiger partial charge >= 0.3 is 0 Å². The van der Waals surface area contributed by atoms with Gasteiger partial charge in [0.25, 0.3) is 0 Å². The Hall–Kier alpha value is -0.830. The highest BCUT2D eigenvalue weighted by atomic mass is 15.3. The van der Waals surface area contributed by atoms with E-state index in [1.165, 1.54) is 38.6 Å². The normalized spacial score (nSPS) is 19.8. The van der Waals surface area contributed by atoms with Gasteiger partial charge < -0.3 is 5.32 Å². The fourth-order valence-electron chi connectivity index (χ4n) is 2.51. The summed E-state index contributed by atoms with van der Waals surface area (Å²) < 4.78 is 2.00. The van der Waals surface area contributed by atoms with Gasteiger partial charge in [-0.1, -0.05) is 19.3 Å². The van der Waals surface area contributed by atoms with E-state index >= 15 is 0 Å². The van der Waals surface area contributed by atoms with Gasteiger partial charge in [-0.3, -0.25) is 4.68 Å².